The fraction of sp³-hybridized carbons (Fsp3) is 0.333. The number of hydrogen-bond acceptors (Lipinski definition) is 4. The van der Waals surface area contributed by atoms with Crippen LogP contribution < -0.4 is 10.1 Å². The first-order valence-corrected chi connectivity index (χ1v) is 13.1. The number of aromatic nitrogens is 2. The Hall–Kier alpha value is -3.35. The molecule has 7 heteroatoms. The van der Waals surface area contributed by atoms with Crippen LogP contribution in [0.2, 0.25) is 5.02 Å². The summed E-state index contributed by atoms with van der Waals surface area (Å²) in [6.07, 6.45) is 1.02. The number of anilines is 1. The average molecular weight is 518 g/mol. The number of carbonyl (C=O) groups is 1. The number of H-pyrrole nitrogens is 1. The number of hydrogen-bond donors (Lipinski definition) is 2. The Morgan fingerprint density at radius 1 is 1.14 bits per heavy atom. The van der Waals surface area contributed by atoms with Crippen molar-refractivity contribution in [3.8, 4) is 5.75 Å². The van der Waals surface area contributed by atoms with Crippen LogP contribution in [0.1, 0.15) is 49.2 Å². The quantitative estimate of drug-likeness (QED) is 0.275. The molecular weight excluding hydrogens is 486 g/mol. The number of aromatic amines is 1. The van der Waals surface area contributed by atoms with Gasteiger partial charge in [0.05, 0.1) is 23.7 Å². The first-order chi connectivity index (χ1) is 17.9. The molecular formula is C30H32ClN3O3. The first-order valence-electron chi connectivity index (χ1n) is 12.7. The van der Waals surface area contributed by atoms with Crippen molar-refractivity contribution in [1.82, 2.24) is 9.97 Å². The van der Waals surface area contributed by atoms with Crippen molar-refractivity contribution in [3.05, 3.63) is 88.7 Å². The third-order valence-electron chi connectivity index (χ3n) is 7.06. The van der Waals surface area contributed by atoms with Crippen LogP contribution in [-0.2, 0) is 9.53 Å². The van der Waals surface area contributed by atoms with Gasteiger partial charge in [-0.05, 0) is 78.8 Å². The highest BCUT2D eigenvalue weighted by atomic mass is 35.5. The lowest BCUT2D eigenvalue weighted by molar-refractivity contribution is -0.118. The van der Waals surface area contributed by atoms with Gasteiger partial charge in [0.1, 0.15) is 11.6 Å². The molecule has 0 spiro atoms. The zero-order valence-corrected chi connectivity index (χ0v) is 22.1. The molecule has 0 bridgehead atoms. The SMILES string of the molecule is Cc1nc2ccc(NC(=O)COc3cccc([C@@H]4OC[C@@H](c5ccc(Cl)cc5)C[C@H]4C(C)C)c3)cc2[nH]1. The van der Waals surface area contributed by atoms with Crippen molar-refractivity contribution in [2.24, 2.45) is 11.8 Å². The number of carbonyl (C=O) groups excluding carboxylic acids is 1. The van der Waals surface area contributed by atoms with E-state index < -0.39 is 0 Å². The molecule has 3 atom stereocenters. The Morgan fingerprint density at radius 3 is 2.73 bits per heavy atom. The van der Waals surface area contributed by atoms with Crippen molar-refractivity contribution in [2.75, 3.05) is 18.5 Å². The number of benzene rings is 3. The normalized spacial score (nSPS) is 19.8. The Balaban J connectivity index is 1.22. The summed E-state index contributed by atoms with van der Waals surface area (Å²) in [6.45, 7) is 6.97. The molecule has 1 amide bonds. The molecule has 192 valence electrons. The molecule has 1 aliphatic rings. The summed E-state index contributed by atoms with van der Waals surface area (Å²) in [5, 5.41) is 3.64. The minimum Gasteiger partial charge on any atom is -0.484 e. The summed E-state index contributed by atoms with van der Waals surface area (Å²) in [6, 6.07) is 21.6. The van der Waals surface area contributed by atoms with Crippen molar-refractivity contribution in [3.63, 3.8) is 0 Å². The van der Waals surface area contributed by atoms with E-state index in [1.54, 1.807) is 0 Å². The maximum absolute atomic E-state index is 12.6. The van der Waals surface area contributed by atoms with Gasteiger partial charge in [-0.15, -0.1) is 0 Å². The summed E-state index contributed by atoms with van der Waals surface area (Å²) in [5.41, 5.74) is 4.79. The fourth-order valence-corrected chi connectivity index (χ4v) is 5.26. The molecule has 37 heavy (non-hydrogen) atoms. The van der Waals surface area contributed by atoms with E-state index in [-0.39, 0.29) is 18.6 Å². The predicted molar refractivity (Wildman–Crippen MR) is 147 cm³/mol. The molecule has 1 fully saturated rings. The number of nitrogens with zero attached hydrogens (tertiary/aromatic N) is 1. The smallest absolute Gasteiger partial charge is 0.262 e. The third-order valence-corrected chi connectivity index (χ3v) is 7.31. The van der Waals surface area contributed by atoms with Gasteiger partial charge in [0.25, 0.3) is 5.91 Å². The van der Waals surface area contributed by atoms with Crippen LogP contribution in [0.25, 0.3) is 11.0 Å². The minimum atomic E-state index is -0.222. The minimum absolute atomic E-state index is 0.0227. The highest BCUT2D eigenvalue weighted by molar-refractivity contribution is 6.30. The average Bonchev–Trinajstić information content (AvgIpc) is 3.27. The van der Waals surface area contributed by atoms with Crippen molar-refractivity contribution in [2.45, 2.75) is 39.2 Å². The van der Waals surface area contributed by atoms with Crippen LogP contribution in [-0.4, -0.2) is 29.1 Å². The second-order valence-corrected chi connectivity index (χ2v) is 10.5. The lowest BCUT2D eigenvalue weighted by Gasteiger charge is -2.39. The van der Waals surface area contributed by atoms with Crippen LogP contribution in [0.3, 0.4) is 0 Å². The predicted octanol–water partition coefficient (Wildman–Crippen LogP) is 7.06. The van der Waals surface area contributed by atoms with E-state index in [9.17, 15) is 4.79 Å². The van der Waals surface area contributed by atoms with Crippen LogP contribution in [0.15, 0.2) is 66.7 Å². The van der Waals surface area contributed by atoms with Crippen molar-refractivity contribution in [1.29, 1.82) is 0 Å². The van der Waals surface area contributed by atoms with E-state index in [2.05, 4.69) is 47.3 Å². The van der Waals surface area contributed by atoms with E-state index in [1.807, 2.05) is 55.5 Å². The molecule has 1 aliphatic heterocycles. The number of imidazole rings is 1. The van der Waals surface area contributed by atoms with Gasteiger partial charge in [0.15, 0.2) is 6.61 Å². The van der Waals surface area contributed by atoms with Gasteiger partial charge in [-0.25, -0.2) is 4.98 Å². The van der Waals surface area contributed by atoms with Gasteiger partial charge in [0.2, 0.25) is 0 Å². The Kier molecular flexibility index (Phi) is 7.49. The zero-order valence-electron chi connectivity index (χ0n) is 21.3. The molecule has 2 heterocycles. The zero-order chi connectivity index (χ0) is 25.9. The number of rotatable bonds is 7. The number of fused-ring (bicyclic) bond motifs is 1. The van der Waals surface area contributed by atoms with Crippen LogP contribution in [0.4, 0.5) is 5.69 Å². The molecule has 2 N–H and O–H groups in total. The largest absolute Gasteiger partial charge is 0.484 e. The Bertz CT molecular complexity index is 1380. The number of nitrogens with one attached hydrogen (secondary N) is 2. The van der Waals surface area contributed by atoms with Gasteiger partial charge in [0, 0.05) is 16.6 Å². The van der Waals surface area contributed by atoms with Gasteiger partial charge in [-0.3, -0.25) is 4.79 Å². The molecule has 3 aromatic carbocycles. The van der Waals surface area contributed by atoms with Gasteiger partial charge < -0.3 is 19.8 Å². The summed E-state index contributed by atoms with van der Waals surface area (Å²) in [5.74, 6) is 2.41. The second kappa shape index (κ2) is 11.0. The van der Waals surface area contributed by atoms with Crippen LogP contribution in [0.5, 0.6) is 5.75 Å². The van der Waals surface area contributed by atoms with Crippen molar-refractivity contribution < 1.29 is 14.3 Å². The molecule has 0 aliphatic carbocycles. The fourth-order valence-electron chi connectivity index (χ4n) is 5.14. The maximum atomic E-state index is 12.6. The van der Waals surface area contributed by atoms with Crippen molar-refractivity contribution >= 4 is 34.2 Å². The number of halogens is 1. The van der Waals surface area contributed by atoms with E-state index >= 15 is 0 Å². The summed E-state index contributed by atoms with van der Waals surface area (Å²) in [7, 11) is 0. The van der Waals surface area contributed by atoms with E-state index in [4.69, 9.17) is 21.1 Å². The van der Waals surface area contributed by atoms with E-state index in [0.717, 1.165) is 33.9 Å². The summed E-state index contributed by atoms with van der Waals surface area (Å²) >= 11 is 6.08. The first kappa shape index (κ1) is 25.3. The highest BCUT2D eigenvalue weighted by Crippen LogP contribution is 2.44. The molecule has 1 aromatic heterocycles. The Labute approximate surface area is 222 Å². The Morgan fingerprint density at radius 2 is 1.95 bits per heavy atom. The second-order valence-electron chi connectivity index (χ2n) is 10.1. The maximum Gasteiger partial charge on any atom is 0.262 e. The molecule has 4 aromatic rings. The van der Waals surface area contributed by atoms with Gasteiger partial charge in [-0.1, -0.05) is 49.7 Å². The molecule has 0 saturated carbocycles. The molecule has 6 nitrogen and oxygen atoms in total. The third kappa shape index (κ3) is 5.97. The standard InChI is InChI=1S/C30H32ClN3O3/c1-18(2)26-14-22(20-7-9-23(31)10-8-20)16-37-30(26)21-5-4-6-25(13-21)36-17-29(35)34-24-11-12-27-28(15-24)33-19(3)32-27/h4-13,15,18,22,26,30H,14,16-17H2,1-3H3,(H,32,33)(H,34,35)/t22-,26-,30-/m0/s1. The molecule has 0 unspecified atom stereocenters. The van der Waals surface area contributed by atoms with E-state index in [0.29, 0.717) is 35.8 Å². The number of amides is 1. The highest BCUT2D eigenvalue weighted by Gasteiger charge is 2.35. The monoisotopic (exact) mass is 517 g/mol. The molecule has 1 saturated heterocycles. The van der Waals surface area contributed by atoms with Gasteiger partial charge in [-0.2, -0.15) is 0 Å². The molecule has 0 radical (unpaired) electrons. The van der Waals surface area contributed by atoms with Gasteiger partial charge >= 0.3 is 0 Å². The number of ether oxygens (including phenoxy) is 2. The summed E-state index contributed by atoms with van der Waals surface area (Å²) < 4.78 is 12.3. The lowest BCUT2D eigenvalue weighted by Crippen LogP contribution is -2.31. The molecule has 5 rings (SSSR count). The van der Waals surface area contributed by atoms with E-state index in [1.165, 1.54) is 5.56 Å². The topological polar surface area (TPSA) is 76.2 Å². The number of aryl methyl sites for hydroxylation is 1. The summed E-state index contributed by atoms with van der Waals surface area (Å²) in [4.78, 5) is 20.1. The lowest BCUT2D eigenvalue weighted by atomic mass is 9.76. The van der Waals surface area contributed by atoms with Crippen LogP contribution in [0, 0.1) is 18.8 Å². The van der Waals surface area contributed by atoms with Crippen LogP contribution >= 0.6 is 11.6 Å².